The summed E-state index contributed by atoms with van der Waals surface area (Å²) in [5.74, 6) is -0.899. The van der Waals surface area contributed by atoms with Gasteiger partial charge in [-0.25, -0.2) is 4.39 Å². The van der Waals surface area contributed by atoms with Gasteiger partial charge in [-0.05, 0) is 48.4 Å². The molecule has 132 valence electrons. The second-order valence-corrected chi connectivity index (χ2v) is 6.82. The van der Waals surface area contributed by atoms with E-state index in [0.29, 0.717) is 23.6 Å². The molecule has 1 aliphatic carbocycles. The monoisotopic (exact) mass is 350 g/mol. The molecular formula is C21H19FN2O2. The third-order valence-electron chi connectivity index (χ3n) is 5.13. The van der Waals surface area contributed by atoms with Crippen LogP contribution in [0.5, 0.6) is 0 Å². The van der Waals surface area contributed by atoms with Crippen molar-refractivity contribution >= 4 is 16.7 Å². The lowest BCUT2D eigenvalue weighted by atomic mass is 9.72. The Morgan fingerprint density at radius 2 is 1.96 bits per heavy atom. The van der Waals surface area contributed by atoms with Gasteiger partial charge in [0.25, 0.3) is 5.91 Å². The Hall–Kier alpha value is -2.79. The molecule has 1 aromatic heterocycles. The quantitative estimate of drug-likeness (QED) is 0.753. The Balaban J connectivity index is 1.72. The number of nitrogens with one attached hydrogen (secondary N) is 1. The zero-order chi connectivity index (χ0) is 18.1. The van der Waals surface area contributed by atoms with Crippen molar-refractivity contribution in [2.75, 3.05) is 0 Å². The van der Waals surface area contributed by atoms with Gasteiger partial charge in [0.15, 0.2) is 0 Å². The smallest absolute Gasteiger partial charge is 0.252 e. The molecule has 26 heavy (non-hydrogen) atoms. The van der Waals surface area contributed by atoms with Crippen molar-refractivity contribution in [1.29, 1.82) is 0 Å². The highest BCUT2D eigenvalue weighted by atomic mass is 19.1. The normalized spacial score (nSPS) is 16.7. The lowest BCUT2D eigenvalue weighted by Gasteiger charge is -2.43. The summed E-state index contributed by atoms with van der Waals surface area (Å²) in [5.41, 5.74) is 0.0807. The lowest BCUT2D eigenvalue weighted by Crippen LogP contribution is -2.50. The van der Waals surface area contributed by atoms with Crippen molar-refractivity contribution in [1.82, 2.24) is 10.3 Å². The molecule has 1 amide bonds. The molecule has 0 saturated heterocycles. The number of pyridine rings is 1. The first-order valence-electron chi connectivity index (χ1n) is 8.68. The van der Waals surface area contributed by atoms with Gasteiger partial charge in [0, 0.05) is 17.8 Å². The highest BCUT2D eigenvalue weighted by Gasteiger charge is 2.44. The van der Waals surface area contributed by atoms with Crippen LogP contribution in [0.15, 0.2) is 60.9 Å². The number of benzene rings is 2. The van der Waals surface area contributed by atoms with Crippen LogP contribution in [0.3, 0.4) is 0 Å². The van der Waals surface area contributed by atoms with Crippen LogP contribution in [0.2, 0.25) is 0 Å². The van der Waals surface area contributed by atoms with Crippen molar-refractivity contribution in [3.8, 4) is 0 Å². The van der Waals surface area contributed by atoms with Gasteiger partial charge in [0.2, 0.25) is 0 Å². The maximum atomic E-state index is 14.0. The molecule has 1 fully saturated rings. The summed E-state index contributed by atoms with van der Waals surface area (Å²) in [7, 11) is 0. The van der Waals surface area contributed by atoms with Crippen LogP contribution >= 0.6 is 0 Å². The van der Waals surface area contributed by atoms with Gasteiger partial charge in [-0.15, -0.1) is 0 Å². The van der Waals surface area contributed by atoms with E-state index in [9.17, 15) is 14.3 Å². The maximum Gasteiger partial charge on any atom is 0.252 e. The van der Waals surface area contributed by atoms with Crippen LogP contribution < -0.4 is 5.32 Å². The number of nitrogens with zero attached hydrogens (tertiary/aromatic N) is 1. The zero-order valence-corrected chi connectivity index (χ0v) is 14.2. The van der Waals surface area contributed by atoms with E-state index in [-0.39, 0.29) is 5.56 Å². The standard InChI is InChI=1S/C21H19FN2O2/c22-16-11-15-7-10-23-13-18(15)17(12-16)20(25)24-19(21(26)8-4-9-21)14-5-2-1-3-6-14/h1-3,5-7,10-13,19,26H,4,8-9H2,(H,24,25). The molecule has 1 heterocycles. The fourth-order valence-corrected chi connectivity index (χ4v) is 3.56. The SMILES string of the molecule is O=C(NC(c1ccccc1)C1(O)CCC1)c1cc(F)cc2ccncc12. The predicted molar refractivity (Wildman–Crippen MR) is 97.2 cm³/mol. The molecule has 2 N–H and O–H groups in total. The largest absolute Gasteiger partial charge is 0.387 e. The second-order valence-electron chi connectivity index (χ2n) is 6.82. The van der Waals surface area contributed by atoms with Crippen molar-refractivity contribution < 1.29 is 14.3 Å². The van der Waals surface area contributed by atoms with E-state index in [1.54, 1.807) is 18.5 Å². The summed E-state index contributed by atoms with van der Waals surface area (Å²) in [6.07, 6.45) is 5.28. The van der Waals surface area contributed by atoms with Crippen LogP contribution in [0.4, 0.5) is 4.39 Å². The maximum absolute atomic E-state index is 14.0. The van der Waals surface area contributed by atoms with Gasteiger partial charge in [-0.1, -0.05) is 30.3 Å². The van der Waals surface area contributed by atoms with E-state index in [0.717, 1.165) is 12.0 Å². The number of halogens is 1. The number of fused-ring (bicyclic) bond motifs is 1. The number of carbonyl (C=O) groups is 1. The van der Waals surface area contributed by atoms with Crippen LogP contribution in [-0.2, 0) is 0 Å². The summed E-state index contributed by atoms with van der Waals surface area (Å²) in [5, 5.41) is 15.0. The molecule has 1 atom stereocenters. The molecule has 2 aromatic carbocycles. The highest BCUT2D eigenvalue weighted by molar-refractivity contribution is 6.07. The molecule has 0 aliphatic heterocycles. The Morgan fingerprint density at radius 1 is 1.19 bits per heavy atom. The first kappa shape index (κ1) is 16.7. The first-order valence-corrected chi connectivity index (χ1v) is 8.68. The fourth-order valence-electron chi connectivity index (χ4n) is 3.56. The summed E-state index contributed by atoms with van der Waals surface area (Å²) in [6, 6.07) is 13.1. The molecule has 1 aliphatic rings. The van der Waals surface area contributed by atoms with E-state index in [1.807, 2.05) is 30.3 Å². The Labute approximate surface area is 150 Å². The Bertz CT molecular complexity index is 955. The molecule has 4 rings (SSSR count). The first-order chi connectivity index (χ1) is 12.6. The van der Waals surface area contributed by atoms with Gasteiger partial charge >= 0.3 is 0 Å². The van der Waals surface area contributed by atoms with Gasteiger partial charge in [-0.2, -0.15) is 0 Å². The minimum atomic E-state index is -0.974. The number of rotatable bonds is 4. The third-order valence-corrected chi connectivity index (χ3v) is 5.13. The van der Waals surface area contributed by atoms with Gasteiger partial charge in [-0.3, -0.25) is 9.78 Å². The molecule has 0 spiro atoms. The van der Waals surface area contributed by atoms with E-state index >= 15 is 0 Å². The summed E-state index contributed by atoms with van der Waals surface area (Å²) >= 11 is 0. The minimum absolute atomic E-state index is 0.219. The zero-order valence-electron chi connectivity index (χ0n) is 14.2. The van der Waals surface area contributed by atoms with Crippen molar-refractivity contribution in [3.63, 3.8) is 0 Å². The molecule has 3 aromatic rings. The van der Waals surface area contributed by atoms with Gasteiger partial charge in [0.1, 0.15) is 5.82 Å². The Morgan fingerprint density at radius 3 is 2.65 bits per heavy atom. The number of hydrogen-bond acceptors (Lipinski definition) is 3. The second kappa shape index (κ2) is 6.50. The number of amides is 1. The summed E-state index contributed by atoms with van der Waals surface area (Å²) in [6.45, 7) is 0. The van der Waals surface area contributed by atoms with Crippen LogP contribution in [-0.4, -0.2) is 21.6 Å². The third kappa shape index (κ3) is 2.95. The summed E-state index contributed by atoms with van der Waals surface area (Å²) < 4.78 is 14.0. The molecule has 0 bridgehead atoms. The van der Waals surface area contributed by atoms with Crippen LogP contribution in [0, 0.1) is 5.82 Å². The lowest BCUT2D eigenvalue weighted by molar-refractivity contribution is -0.0640. The van der Waals surface area contributed by atoms with E-state index in [4.69, 9.17) is 0 Å². The van der Waals surface area contributed by atoms with E-state index in [1.165, 1.54) is 12.1 Å². The molecule has 1 saturated carbocycles. The molecule has 4 nitrogen and oxygen atoms in total. The van der Waals surface area contributed by atoms with Gasteiger partial charge in [0.05, 0.1) is 17.2 Å². The van der Waals surface area contributed by atoms with Crippen molar-refractivity contribution in [2.24, 2.45) is 0 Å². The van der Waals surface area contributed by atoms with E-state index < -0.39 is 23.4 Å². The predicted octanol–water partition coefficient (Wildman–Crippen LogP) is 3.76. The van der Waals surface area contributed by atoms with Crippen LogP contribution in [0.25, 0.3) is 10.8 Å². The minimum Gasteiger partial charge on any atom is -0.387 e. The van der Waals surface area contributed by atoms with Crippen molar-refractivity contribution in [2.45, 2.75) is 30.9 Å². The van der Waals surface area contributed by atoms with Crippen LogP contribution in [0.1, 0.15) is 41.2 Å². The number of carbonyl (C=O) groups excluding carboxylic acids is 1. The van der Waals surface area contributed by atoms with E-state index in [2.05, 4.69) is 10.3 Å². The number of aromatic nitrogens is 1. The average molecular weight is 350 g/mol. The topological polar surface area (TPSA) is 62.2 Å². The molecule has 5 heteroatoms. The molecular weight excluding hydrogens is 331 g/mol. The van der Waals surface area contributed by atoms with Gasteiger partial charge < -0.3 is 10.4 Å². The molecule has 1 unspecified atom stereocenters. The highest BCUT2D eigenvalue weighted by Crippen LogP contribution is 2.42. The Kier molecular flexibility index (Phi) is 4.17. The van der Waals surface area contributed by atoms with Crippen molar-refractivity contribution in [3.05, 3.63) is 77.9 Å². The number of aliphatic hydroxyl groups is 1. The molecule has 0 radical (unpaired) electrons. The average Bonchev–Trinajstić information content (AvgIpc) is 2.64. The summed E-state index contributed by atoms with van der Waals surface area (Å²) in [4.78, 5) is 17.0. The fraction of sp³-hybridized carbons (Fsp3) is 0.238. The number of hydrogen-bond donors (Lipinski definition) is 2.